The fraction of sp³-hybridized carbons (Fsp3) is 0.231. The van der Waals surface area contributed by atoms with Crippen molar-refractivity contribution < 1.29 is 22.7 Å². The van der Waals surface area contributed by atoms with E-state index in [1.165, 1.54) is 12.4 Å². The van der Waals surface area contributed by atoms with E-state index >= 15 is 0 Å². The third kappa shape index (κ3) is 2.93. The number of aromatic nitrogens is 2. The van der Waals surface area contributed by atoms with Crippen molar-refractivity contribution in [2.45, 2.75) is 19.2 Å². The van der Waals surface area contributed by atoms with Crippen LogP contribution in [0.25, 0.3) is 0 Å². The van der Waals surface area contributed by atoms with Crippen molar-refractivity contribution in [2.24, 2.45) is 0 Å². The lowest BCUT2D eigenvalue weighted by Crippen LogP contribution is -2.11. The molecule has 1 aromatic carbocycles. The quantitative estimate of drug-likeness (QED) is 0.863. The Morgan fingerprint density at radius 2 is 1.85 bits per heavy atom. The molecule has 0 aliphatic heterocycles. The van der Waals surface area contributed by atoms with Crippen LogP contribution in [0.5, 0.6) is 0 Å². The summed E-state index contributed by atoms with van der Waals surface area (Å²) in [6.07, 6.45) is -3.58. The molecule has 0 spiro atoms. The lowest BCUT2D eigenvalue weighted by Gasteiger charge is -2.14. The molecule has 7 heteroatoms. The van der Waals surface area contributed by atoms with Gasteiger partial charge < -0.3 is 5.11 Å². The highest BCUT2D eigenvalue weighted by molar-refractivity contribution is 5.32. The van der Waals surface area contributed by atoms with E-state index in [1.807, 2.05) is 0 Å². The molecule has 3 nitrogen and oxygen atoms in total. The molecule has 106 valence electrons. The molecule has 0 aliphatic carbocycles. The second kappa shape index (κ2) is 5.16. The molecule has 0 saturated carbocycles. The summed E-state index contributed by atoms with van der Waals surface area (Å²) in [4.78, 5) is 7.78. The fourth-order valence-electron chi connectivity index (χ4n) is 1.64. The number of hydrogen-bond acceptors (Lipinski definition) is 3. The van der Waals surface area contributed by atoms with E-state index in [9.17, 15) is 22.7 Å². The minimum absolute atomic E-state index is 0.0929. The number of benzene rings is 1. The molecule has 2 rings (SSSR count). The van der Waals surface area contributed by atoms with Crippen molar-refractivity contribution >= 4 is 0 Å². The highest BCUT2D eigenvalue weighted by Gasteiger charge is 2.34. The van der Waals surface area contributed by atoms with Crippen molar-refractivity contribution in [2.75, 3.05) is 0 Å². The minimum Gasteiger partial charge on any atom is -0.382 e. The lowest BCUT2D eigenvalue weighted by atomic mass is 10.0. The average Bonchev–Trinajstić information content (AvgIpc) is 2.38. The van der Waals surface area contributed by atoms with Crippen LogP contribution in [-0.2, 0) is 6.18 Å². The van der Waals surface area contributed by atoms with E-state index in [4.69, 9.17) is 0 Å². The Labute approximate surface area is 111 Å². The number of aliphatic hydroxyl groups excluding tert-OH is 1. The van der Waals surface area contributed by atoms with Gasteiger partial charge in [-0.3, -0.25) is 9.97 Å². The molecule has 1 heterocycles. The van der Waals surface area contributed by atoms with Crippen LogP contribution in [0.2, 0.25) is 0 Å². The van der Waals surface area contributed by atoms with Crippen LogP contribution < -0.4 is 0 Å². The lowest BCUT2D eigenvalue weighted by molar-refractivity contribution is -0.140. The van der Waals surface area contributed by atoms with Gasteiger partial charge in [0.25, 0.3) is 0 Å². The Kier molecular flexibility index (Phi) is 3.71. The summed E-state index contributed by atoms with van der Waals surface area (Å²) < 4.78 is 50.9. The summed E-state index contributed by atoms with van der Waals surface area (Å²) >= 11 is 0. The van der Waals surface area contributed by atoms with E-state index in [0.29, 0.717) is 17.8 Å². The number of rotatable bonds is 2. The second-order valence-corrected chi connectivity index (χ2v) is 4.22. The van der Waals surface area contributed by atoms with E-state index in [0.717, 1.165) is 6.07 Å². The van der Waals surface area contributed by atoms with Crippen LogP contribution in [0.15, 0.2) is 30.6 Å². The highest BCUT2D eigenvalue weighted by Crippen LogP contribution is 2.33. The maximum Gasteiger partial charge on any atom is 0.419 e. The molecule has 1 N–H and O–H groups in total. The van der Waals surface area contributed by atoms with Gasteiger partial charge in [0.1, 0.15) is 11.9 Å². The molecule has 0 fully saturated rings. The normalized spacial score (nSPS) is 13.3. The molecule has 2 aromatic rings. The smallest absolute Gasteiger partial charge is 0.382 e. The van der Waals surface area contributed by atoms with Gasteiger partial charge in [-0.15, -0.1) is 0 Å². The standard InChI is InChI=1S/C13H10F4N2O/c1-7-5-19-11(6-18-7)12(20)8-2-3-10(14)9(4-8)13(15,16)17/h2-6,12,20H,1H3. The van der Waals surface area contributed by atoms with E-state index < -0.39 is 23.7 Å². The van der Waals surface area contributed by atoms with Crippen LogP contribution >= 0.6 is 0 Å². The van der Waals surface area contributed by atoms with Crippen molar-refractivity contribution in [3.8, 4) is 0 Å². The molecule has 1 atom stereocenters. The molecule has 0 bridgehead atoms. The summed E-state index contributed by atoms with van der Waals surface area (Å²) in [6, 6.07) is 2.32. The number of halogens is 4. The molecular formula is C13H10F4N2O. The summed E-state index contributed by atoms with van der Waals surface area (Å²) in [5.41, 5.74) is -0.822. The molecular weight excluding hydrogens is 276 g/mol. The number of hydrogen-bond donors (Lipinski definition) is 1. The van der Waals surface area contributed by atoms with E-state index in [2.05, 4.69) is 9.97 Å². The first-order valence-corrected chi connectivity index (χ1v) is 5.62. The number of alkyl halides is 3. The molecule has 0 radical (unpaired) electrons. The van der Waals surface area contributed by atoms with Crippen molar-refractivity contribution in [1.82, 2.24) is 9.97 Å². The monoisotopic (exact) mass is 286 g/mol. The zero-order chi connectivity index (χ0) is 14.9. The Bertz CT molecular complexity index is 611. The minimum atomic E-state index is -4.82. The average molecular weight is 286 g/mol. The van der Waals surface area contributed by atoms with Gasteiger partial charge in [0.15, 0.2) is 0 Å². The summed E-state index contributed by atoms with van der Waals surface area (Å²) in [7, 11) is 0. The van der Waals surface area contributed by atoms with Crippen LogP contribution in [0, 0.1) is 12.7 Å². The van der Waals surface area contributed by atoms with E-state index in [1.54, 1.807) is 6.92 Å². The van der Waals surface area contributed by atoms with E-state index in [-0.39, 0.29) is 11.3 Å². The molecule has 0 aliphatic rings. The van der Waals surface area contributed by atoms with Gasteiger partial charge in [-0.05, 0) is 24.6 Å². The van der Waals surface area contributed by atoms with Crippen LogP contribution in [-0.4, -0.2) is 15.1 Å². The van der Waals surface area contributed by atoms with Crippen LogP contribution in [0.4, 0.5) is 17.6 Å². The van der Waals surface area contributed by atoms with Gasteiger partial charge in [-0.1, -0.05) is 6.07 Å². The largest absolute Gasteiger partial charge is 0.419 e. The topological polar surface area (TPSA) is 46.0 Å². The van der Waals surface area contributed by atoms with Crippen LogP contribution in [0.3, 0.4) is 0 Å². The van der Waals surface area contributed by atoms with Gasteiger partial charge in [0, 0.05) is 6.20 Å². The van der Waals surface area contributed by atoms with Gasteiger partial charge in [0.2, 0.25) is 0 Å². The van der Waals surface area contributed by atoms with Crippen LogP contribution in [0.1, 0.15) is 28.6 Å². The highest BCUT2D eigenvalue weighted by atomic mass is 19.4. The second-order valence-electron chi connectivity index (χ2n) is 4.22. The fourth-order valence-corrected chi connectivity index (χ4v) is 1.64. The predicted octanol–water partition coefficient (Wildman–Crippen LogP) is 3.02. The third-order valence-electron chi connectivity index (χ3n) is 2.69. The maximum absolute atomic E-state index is 13.2. The first-order chi connectivity index (χ1) is 9.29. The molecule has 1 aromatic heterocycles. The zero-order valence-corrected chi connectivity index (χ0v) is 10.3. The van der Waals surface area contributed by atoms with Gasteiger partial charge >= 0.3 is 6.18 Å². The number of aryl methyl sites for hydroxylation is 1. The molecule has 0 amide bonds. The molecule has 0 saturated heterocycles. The summed E-state index contributed by atoms with van der Waals surface area (Å²) in [6.45, 7) is 1.68. The number of aliphatic hydroxyl groups is 1. The first-order valence-electron chi connectivity index (χ1n) is 5.62. The third-order valence-corrected chi connectivity index (χ3v) is 2.69. The Morgan fingerprint density at radius 3 is 2.40 bits per heavy atom. The Hall–Kier alpha value is -2.02. The van der Waals surface area contributed by atoms with Crippen molar-refractivity contribution in [1.29, 1.82) is 0 Å². The number of nitrogens with zero attached hydrogens (tertiary/aromatic N) is 2. The molecule has 1 unspecified atom stereocenters. The maximum atomic E-state index is 13.2. The van der Waals surface area contributed by atoms with Crippen molar-refractivity contribution in [3.63, 3.8) is 0 Å². The first kappa shape index (κ1) is 14.4. The van der Waals surface area contributed by atoms with Gasteiger partial charge in [0.05, 0.1) is 23.1 Å². The predicted molar refractivity (Wildman–Crippen MR) is 62.2 cm³/mol. The van der Waals surface area contributed by atoms with Gasteiger partial charge in [-0.2, -0.15) is 13.2 Å². The van der Waals surface area contributed by atoms with Gasteiger partial charge in [-0.25, -0.2) is 4.39 Å². The zero-order valence-electron chi connectivity index (χ0n) is 10.3. The summed E-state index contributed by atoms with van der Waals surface area (Å²) in [5, 5.41) is 9.97. The summed E-state index contributed by atoms with van der Waals surface area (Å²) in [5.74, 6) is -1.39. The SMILES string of the molecule is Cc1cnc(C(O)c2ccc(F)c(C(F)(F)F)c2)cn1. The molecule has 20 heavy (non-hydrogen) atoms. The Morgan fingerprint density at radius 1 is 1.15 bits per heavy atom. The van der Waals surface area contributed by atoms with Crippen molar-refractivity contribution in [3.05, 3.63) is 58.9 Å². The Balaban J connectivity index is 2.40.